The van der Waals surface area contributed by atoms with Gasteiger partial charge in [0.2, 0.25) is 5.91 Å². The third-order valence-electron chi connectivity index (χ3n) is 4.33. The molecule has 0 aliphatic carbocycles. The van der Waals surface area contributed by atoms with E-state index < -0.39 is 15.4 Å². The van der Waals surface area contributed by atoms with Crippen molar-refractivity contribution in [2.24, 2.45) is 5.73 Å². The number of rotatable bonds is 9. The fraction of sp³-hybridized carbons (Fsp3) is 0.929. The summed E-state index contributed by atoms with van der Waals surface area (Å²) >= 11 is 0. The number of nitrogens with two attached hydrogens (primary N) is 1. The van der Waals surface area contributed by atoms with Crippen molar-refractivity contribution in [3.05, 3.63) is 0 Å². The van der Waals surface area contributed by atoms with Gasteiger partial charge in [0.15, 0.2) is 9.84 Å². The van der Waals surface area contributed by atoms with Gasteiger partial charge in [-0.25, -0.2) is 8.42 Å². The van der Waals surface area contributed by atoms with Gasteiger partial charge >= 0.3 is 0 Å². The largest absolute Gasteiger partial charge is 0.368 e. The summed E-state index contributed by atoms with van der Waals surface area (Å²) in [6.45, 7) is 5.42. The molecule has 21 heavy (non-hydrogen) atoms. The van der Waals surface area contributed by atoms with Crippen LogP contribution in [0.3, 0.4) is 0 Å². The second-order valence-electron chi connectivity index (χ2n) is 6.26. The van der Waals surface area contributed by atoms with E-state index in [1.807, 2.05) is 20.9 Å². The van der Waals surface area contributed by atoms with Gasteiger partial charge in [-0.2, -0.15) is 0 Å². The van der Waals surface area contributed by atoms with Crippen LogP contribution >= 0.6 is 0 Å². The molecule has 1 saturated heterocycles. The Kier molecular flexibility index (Phi) is 6.62. The predicted molar refractivity (Wildman–Crippen MR) is 84.8 cm³/mol. The van der Waals surface area contributed by atoms with Gasteiger partial charge in [-0.1, -0.05) is 6.92 Å². The van der Waals surface area contributed by atoms with Crippen molar-refractivity contribution in [1.29, 1.82) is 0 Å². The first-order valence-electron chi connectivity index (χ1n) is 7.66. The Labute approximate surface area is 128 Å². The standard InChI is InChI=1S/C14H29N3O3S/c1-4-8-16-14(2,13(15)18)7-5-9-17(3)12-6-10-21(19,20)11-12/h12,16H,4-11H2,1-3H3,(H2,15,18). The minimum atomic E-state index is -2.85. The van der Waals surface area contributed by atoms with E-state index >= 15 is 0 Å². The van der Waals surface area contributed by atoms with Gasteiger partial charge < -0.3 is 16.0 Å². The Bertz CT molecular complexity index is 452. The number of sulfone groups is 1. The van der Waals surface area contributed by atoms with E-state index in [4.69, 9.17) is 5.73 Å². The van der Waals surface area contributed by atoms with Crippen LogP contribution in [-0.2, 0) is 14.6 Å². The summed E-state index contributed by atoms with van der Waals surface area (Å²) in [5, 5.41) is 3.21. The number of carbonyl (C=O) groups is 1. The van der Waals surface area contributed by atoms with E-state index in [1.54, 1.807) is 0 Å². The van der Waals surface area contributed by atoms with E-state index in [-0.39, 0.29) is 17.7 Å². The molecular weight excluding hydrogens is 290 g/mol. The maximum atomic E-state index is 11.6. The first-order chi connectivity index (χ1) is 9.70. The van der Waals surface area contributed by atoms with E-state index in [1.165, 1.54) is 0 Å². The van der Waals surface area contributed by atoms with Gasteiger partial charge in [-0.15, -0.1) is 0 Å². The Balaban J connectivity index is 2.42. The van der Waals surface area contributed by atoms with Crippen molar-refractivity contribution in [2.45, 2.75) is 51.1 Å². The fourth-order valence-corrected chi connectivity index (χ4v) is 4.49. The lowest BCUT2D eigenvalue weighted by atomic mass is 9.94. The minimum Gasteiger partial charge on any atom is -0.368 e. The van der Waals surface area contributed by atoms with Crippen LogP contribution in [0, 0.1) is 0 Å². The highest BCUT2D eigenvalue weighted by atomic mass is 32.2. The molecule has 0 aromatic carbocycles. The van der Waals surface area contributed by atoms with Gasteiger partial charge in [-0.3, -0.25) is 4.79 Å². The quantitative estimate of drug-likeness (QED) is 0.630. The molecule has 0 bridgehead atoms. The van der Waals surface area contributed by atoms with Crippen LogP contribution in [0.4, 0.5) is 0 Å². The lowest BCUT2D eigenvalue weighted by Gasteiger charge is -2.29. The molecule has 1 aliphatic rings. The molecule has 1 heterocycles. The lowest BCUT2D eigenvalue weighted by Crippen LogP contribution is -2.53. The van der Waals surface area contributed by atoms with Gasteiger partial charge in [-0.05, 0) is 52.7 Å². The predicted octanol–water partition coefficient (Wildman–Crippen LogP) is 0.129. The van der Waals surface area contributed by atoms with E-state index in [2.05, 4.69) is 10.2 Å². The maximum Gasteiger partial charge on any atom is 0.237 e. The Morgan fingerprint density at radius 2 is 2.14 bits per heavy atom. The molecule has 0 aromatic heterocycles. The Morgan fingerprint density at radius 3 is 2.62 bits per heavy atom. The summed E-state index contributed by atoms with van der Waals surface area (Å²) in [4.78, 5) is 13.7. The van der Waals surface area contributed by atoms with E-state index in [0.29, 0.717) is 18.6 Å². The summed E-state index contributed by atoms with van der Waals surface area (Å²) in [5.74, 6) is 0.214. The van der Waals surface area contributed by atoms with E-state index in [9.17, 15) is 13.2 Å². The lowest BCUT2D eigenvalue weighted by molar-refractivity contribution is -0.124. The summed E-state index contributed by atoms with van der Waals surface area (Å²) in [6.07, 6.45) is 3.12. The third-order valence-corrected chi connectivity index (χ3v) is 6.08. The van der Waals surface area contributed by atoms with Crippen molar-refractivity contribution in [1.82, 2.24) is 10.2 Å². The van der Waals surface area contributed by atoms with E-state index in [0.717, 1.165) is 25.9 Å². The molecule has 0 spiro atoms. The van der Waals surface area contributed by atoms with Crippen molar-refractivity contribution in [3.8, 4) is 0 Å². The van der Waals surface area contributed by atoms with Crippen LogP contribution in [0.1, 0.15) is 39.5 Å². The van der Waals surface area contributed by atoms with Crippen LogP contribution in [0.25, 0.3) is 0 Å². The zero-order valence-electron chi connectivity index (χ0n) is 13.4. The third kappa shape index (κ3) is 5.56. The molecule has 7 heteroatoms. The van der Waals surface area contributed by atoms with Crippen LogP contribution in [-0.4, -0.2) is 62.4 Å². The highest BCUT2D eigenvalue weighted by Crippen LogP contribution is 2.18. The minimum absolute atomic E-state index is 0.110. The topological polar surface area (TPSA) is 92.5 Å². The molecule has 0 radical (unpaired) electrons. The summed E-state index contributed by atoms with van der Waals surface area (Å²) in [7, 11) is -0.897. The number of amides is 1. The highest BCUT2D eigenvalue weighted by molar-refractivity contribution is 7.91. The monoisotopic (exact) mass is 319 g/mol. The zero-order valence-corrected chi connectivity index (χ0v) is 14.2. The average molecular weight is 319 g/mol. The molecule has 124 valence electrons. The second kappa shape index (κ2) is 7.56. The maximum absolute atomic E-state index is 11.6. The summed E-state index contributed by atoms with van der Waals surface area (Å²) in [5.41, 5.74) is 4.81. The molecule has 3 N–H and O–H groups in total. The number of hydrogen-bond acceptors (Lipinski definition) is 5. The molecule has 0 saturated carbocycles. The molecule has 1 aliphatic heterocycles. The van der Waals surface area contributed by atoms with Crippen LogP contribution < -0.4 is 11.1 Å². The van der Waals surface area contributed by atoms with Gasteiger partial charge in [0.05, 0.1) is 17.0 Å². The van der Waals surface area contributed by atoms with Crippen molar-refractivity contribution in [2.75, 3.05) is 31.6 Å². The number of primary amides is 1. The first kappa shape index (κ1) is 18.4. The zero-order chi connectivity index (χ0) is 16.1. The molecule has 0 aromatic rings. The van der Waals surface area contributed by atoms with Crippen LogP contribution in [0.15, 0.2) is 0 Å². The van der Waals surface area contributed by atoms with Crippen molar-refractivity contribution >= 4 is 15.7 Å². The highest BCUT2D eigenvalue weighted by Gasteiger charge is 2.32. The molecule has 6 nitrogen and oxygen atoms in total. The smallest absolute Gasteiger partial charge is 0.237 e. The molecule has 1 amide bonds. The molecule has 1 rings (SSSR count). The van der Waals surface area contributed by atoms with Crippen molar-refractivity contribution in [3.63, 3.8) is 0 Å². The van der Waals surface area contributed by atoms with Crippen LogP contribution in [0.5, 0.6) is 0 Å². The Morgan fingerprint density at radius 1 is 1.48 bits per heavy atom. The number of nitrogens with zero attached hydrogens (tertiary/aromatic N) is 1. The van der Waals surface area contributed by atoms with Gasteiger partial charge in [0.25, 0.3) is 0 Å². The number of hydrogen-bond donors (Lipinski definition) is 2. The Hall–Kier alpha value is -0.660. The SMILES string of the molecule is CCCNC(C)(CCCN(C)C1CCS(=O)(=O)C1)C(N)=O. The average Bonchev–Trinajstić information content (AvgIpc) is 2.76. The second-order valence-corrected chi connectivity index (χ2v) is 8.49. The molecule has 2 unspecified atom stereocenters. The molecule has 1 fully saturated rings. The normalized spacial score (nSPS) is 24.1. The fourth-order valence-electron chi connectivity index (χ4n) is 2.69. The van der Waals surface area contributed by atoms with Gasteiger partial charge in [0.1, 0.15) is 0 Å². The molecule has 2 atom stereocenters. The van der Waals surface area contributed by atoms with Crippen LogP contribution in [0.2, 0.25) is 0 Å². The summed E-state index contributed by atoms with van der Waals surface area (Å²) in [6, 6.07) is 0.110. The number of carbonyl (C=O) groups excluding carboxylic acids is 1. The van der Waals surface area contributed by atoms with Crippen molar-refractivity contribution < 1.29 is 13.2 Å². The first-order valence-corrected chi connectivity index (χ1v) is 9.48. The number of nitrogens with one attached hydrogen (secondary N) is 1. The molecular formula is C14H29N3O3S. The van der Waals surface area contributed by atoms with Gasteiger partial charge in [0, 0.05) is 6.04 Å². The summed E-state index contributed by atoms with van der Waals surface area (Å²) < 4.78 is 23.0.